The second-order valence-corrected chi connectivity index (χ2v) is 3.78. The highest BCUT2D eigenvalue weighted by atomic mass is 35.5. The van der Waals surface area contributed by atoms with Crippen LogP contribution in [0.3, 0.4) is 0 Å². The molecule has 0 spiro atoms. The molecule has 1 atom stereocenters. The van der Waals surface area contributed by atoms with E-state index in [1.54, 1.807) is 19.2 Å². The summed E-state index contributed by atoms with van der Waals surface area (Å²) in [6.07, 6.45) is -0.666. The Morgan fingerprint density at radius 2 is 2.06 bits per heavy atom. The Balaban J connectivity index is 2.78. The van der Waals surface area contributed by atoms with Gasteiger partial charge in [-0.2, -0.15) is 0 Å². The Hall–Kier alpha value is -0.970. The van der Waals surface area contributed by atoms with E-state index in [2.05, 4.69) is 0 Å². The molecule has 0 heterocycles. The first-order valence-corrected chi connectivity index (χ1v) is 5.32. The molecule has 1 aromatic carbocycles. The number of hydrogen-bond acceptors (Lipinski definition) is 4. The number of rotatable bonds is 5. The van der Waals surface area contributed by atoms with E-state index >= 15 is 0 Å². The van der Waals surface area contributed by atoms with Crippen molar-refractivity contribution in [1.82, 2.24) is 0 Å². The molecule has 0 aliphatic carbocycles. The summed E-state index contributed by atoms with van der Waals surface area (Å²) < 4.78 is 10.5. The Morgan fingerprint density at radius 3 is 2.62 bits per heavy atom. The van der Waals surface area contributed by atoms with Crippen LogP contribution in [0.4, 0.5) is 0 Å². The van der Waals surface area contributed by atoms with Gasteiger partial charge in [-0.3, -0.25) is 0 Å². The standard InChI is InChI=1S/C11H16ClNO3/c1-7-9(16-6-8(14)5-13)3-4-10(15-2)11(7)12/h3-4,8,14H,5-6,13H2,1-2H3. The van der Waals surface area contributed by atoms with Gasteiger partial charge >= 0.3 is 0 Å². The predicted molar refractivity (Wildman–Crippen MR) is 63.3 cm³/mol. The summed E-state index contributed by atoms with van der Waals surface area (Å²) in [4.78, 5) is 0. The zero-order valence-corrected chi connectivity index (χ0v) is 10.1. The molecular formula is C11H16ClNO3. The van der Waals surface area contributed by atoms with Gasteiger partial charge in [-0.15, -0.1) is 0 Å². The van der Waals surface area contributed by atoms with Crippen LogP contribution in [0.5, 0.6) is 11.5 Å². The van der Waals surface area contributed by atoms with Crippen LogP contribution in [0.15, 0.2) is 12.1 Å². The van der Waals surface area contributed by atoms with Crippen LogP contribution in [0.25, 0.3) is 0 Å². The van der Waals surface area contributed by atoms with Crippen molar-refractivity contribution in [2.75, 3.05) is 20.3 Å². The monoisotopic (exact) mass is 245 g/mol. The fraction of sp³-hybridized carbons (Fsp3) is 0.455. The maximum atomic E-state index is 9.27. The molecule has 1 rings (SSSR count). The third-order valence-electron chi connectivity index (χ3n) is 2.22. The van der Waals surface area contributed by atoms with Gasteiger partial charge in [-0.05, 0) is 19.1 Å². The molecule has 90 valence electrons. The molecule has 0 aliphatic heterocycles. The van der Waals surface area contributed by atoms with Crippen LogP contribution >= 0.6 is 11.6 Å². The number of methoxy groups -OCH3 is 1. The van der Waals surface area contributed by atoms with E-state index in [1.165, 1.54) is 0 Å². The number of aliphatic hydroxyl groups is 1. The summed E-state index contributed by atoms with van der Waals surface area (Å²) in [5, 5.41) is 9.79. The van der Waals surface area contributed by atoms with Crippen LogP contribution in [0.1, 0.15) is 5.56 Å². The Labute approximate surface area is 99.9 Å². The lowest BCUT2D eigenvalue weighted by atomic mass is 10.2. The molecule has 0 radical (unpaired) electrons. The number of hydrogen-bond donors (Lipinski definition) is 2. The first-order valence-electron chi connectivity index (χ1n) is 4.94. The van der Waals surface area contributed by atoms with Gasteiger partial charge in [-0.1, -0.05) is 11.6 Å². The molecule has 4 nitrogen and oxygen atoms in total. The molecule has 1 aromatic rings. The molecule has 0 saturated carbocycles. The van der Waals surface area contributed by atoms with Crippen molar-refractivity contribution in [2.24, 2.45) is 5.73 Å². The van der Waals surface area contributed by atoms with Crippen LogP contribution in [0.2, 0.25) is 5.02 Å². The highest BCUT2D eigenvalue weighted by molar-refractivity contribution is 6.33. The van der Waals surface area contributed by atoms with Crippen molar-refractivity contribution < 1.29 is 14.6 Å². The molecule has 0 bridgehead atoms. The summed E-state index contributed by atoms with van der Waals surface area (Å²) in [5.74, 6) is 1.23. The third-order valence-corrected chi connectivity index (χ3v) is 2.69. The van der Waals surface area contributed by atoms with E-state index in [0.29, 0.717) is 16.5 Å². The summed E-state index contributed by atoms with van der Waals surface area (Å²) in [6.45, 7) is 2.15. The highest BCUT2D eigenvalue weighted by Gasteiger charge is 2.10. The number of ether oxygens (including phenoxy) is 2. The van der Waals surface area contributed by atoms with E-state index in [9.17, 15) is 5.11 Å². The topological polar surface area (TPSA) is 64.7 Å². The maximum Gasteiger partial charge on any atom is 0.137 e. The fourth-order valence-corrected chi connectivity index (χ4v) is 1.44. The maximum absolute atomic E-state index is 9.27. The van der Waals surface area contributed by atoms with Gasteiger partial charge in [0.15, 0.2) is 0 Å². The van der Waals surface area contributed by atoms with Gasteiger partial charge in [0.05, 0.1) is 12.1 Å². The van der Waals surface area contributed by atoms with E-state index in [4.69, 9.17) is 26.8 Å². The number of aliphatic hydroxyl groups excluding tert-OH is 1. The second kappa shape index (κ2) is 5.94. The number of nitrogens with two attached hydrogens (primary N) is 1. The van der Waals surface area contributed by atoms with Crippen LogP contribution in [0, 0.1) is 6.92 Å². The minimum absolute atomic E-state index is 0.153. The fourth-order valence-electron chi connectivity index (χ4n) is 1.21. The van der Waals surface area contributed by atoms with E-state index < -0.39 is 6.10 Å². The van der Waals surface area contributed by atoms with Gasteiger partial charge in [-0.25, -0.2) is 0 Å². The minimum atomic E-state index is -0.666. The molecule has 3 N–H and O–H groups in total. The average molecular weight is 246 g/mol. The predicted octanol–water partition coefficient (Wildman–Crippen LogP) is 1.36. The summed E-state index contributed by atoms with van der Waals surface area (Å²) in [6, 6.07) is 3.47. The van der Waals surface area contributed by atoms with Crippen molar-refractivity contribution in [3.8, 4) is 11.5 Å². The zero-order valence-electron chi connectivity index (χ0n) is 9.37. The molecule has 0 aromatic heterocycles. The molecule has 5 heteroatoms. The molecular weight excluding hydrogens is 230 g/mol. The van der Waals surface area contributed by atoms with Crippen molar-refractivity contribution in [3.63, 3.8) is 0 Å². The molecule has 0 aliphatic rings. The summed E-state index contributed by atoms with van der Waals surface area (Å²) in [7, 11) is 1.55. The Morgan fingerprint density at radius 1 is 1.44 bits per heavy atom. The van der Waals surface area contributed by atoms with Crippen LogP contribution < -0.4 is 15.2 Å². The largest absolute Gasteiger partial charge is 0.495 e. The minimum Gasteiger partial charge on any atom is -0.495 e. The average Bonchev–Trinajstić information content (AvgIpc) is 2.30. The molecule has 0 fully saturated rings. The molecule has 16 heavy (non-hydrogen) atoms. The Bertz CT molecular complexity index is 357. The van der Waals surface area contributed by atoms with Crippen molar-refractivity contribution in [2.45, 2.75) is 13.0 Å². The number of halogens is 1. The normalized spacial score (nSPS) is 12.3. The van der Waals surface area contributed by atoms with Crippen LogP contribution in [-0.4, -0.2) is 31.5 Å². The SMILES string of the molecule is COc1ccc(OCC(O)CN)c(C)c1Cl. The lowest BCUT2D eigenvalue weighted by Gasteiger charge is -2.14. The number of benzene rings is 1. The lowest BCUT2D eigenvalue weighted by Crippen LogP contribution is -2.26. The van der Waals surface area contributed by atoms with Crippen molar-refractivity contribution >= 4 is 11.6 Å². The van der Waals surface area contributed by atoms with E-state index in [-0.39, 0.29) is 13.2 Å². The lowest BCUT2D eigenvalue weighted by molar-refractivity contribution is 0.114. The Kier molecular flexibility index (Phi) is 4.86. The highest BCUT2D eigenvalue weighted by Crippen LogP contribution is 2.33. The first-order chi connectivity index (χ1) is 7.60. The van der Waals surface area contributed by atoms with Gasteiger partial charge in [0, 0.05) is 12.1 Å². The summed E-state index contributed by atoms with van der Waals surface area (Å²) >= 11 is 6.06. The first kappa shape index (κ1) is 13.1. The van der Waals surface area contributed by atoms with Gasteiger partial charge in [0.1, 0.15) is 24.2 Å². The summed E-state index contributed by atoms with van der Waals surface area (Å²) in [5.41, 5.74) is 6.06. The third kappa shape index (κ3) is 3.01. The van der Waals surface area contributed by atoms with Crippen molar-refractivity contribution in [1.29, 1.82) is 0 Å². The molecule has 0 amide bonds. The van der Waals surface area contributed by atoms with E-state index in [0.717, 1.165) is 5.56 Å². The van der Waals surface area contributed by atoms with Gasteiger partial charge in [0.2, 0.25) is 0 Å². The zero-order chi connectivity index (χ0) is 12.1. The molecule has 1 unspecified atom stereocenters. The smallest absolute Gasteiger partial charge is 0.137 e. The molecule has 0 saturated heterocycles. The second-order valence-electron chi connectivity index (χ2n) is 3.41. The van der Waals surface area contributed by atoms with Crippen molar-refractivity contribution in [3.05, 3.63) is 22.7 Å². The van der Waals surface area contributed by atoms with E-state index in [1.807, 2.05) is 6.92 Å². The van der Waals surface area contributed by atoms with Gasteiger partial charge in [0.25, 0.3) is 0 Å². The quantitative estimate of drug-likeness (QED) is 0.822. The van der Waals surface area contributed by atoms with Gasteiger partial charge < -0.3 is 20.3 Å². The van der Waals surface area contributed by atoms with Crippen LogP contribution in [-0.2, 0) is 0 Å².